The summed E-state index contributed by atoms with van der Waals surface area (Å²) in [5.41, 5.74) is 6.64. The van der Waals surface area contributed by atoms with E-state index in [0.717, 1.165) is 40.7 Å². The largest absolute Gasteiger partial charge is 0.478 e. The maximum atomic E-state index is 6.22. The molecule has 1 unspecified atom stereocenters. The van der Waals surface area contributed by atoms with Gasteiger partial charge >= 0.3 is 0 Å². The predicted octanol–water partition coefficient (Wildman–Crippen LogP) is 4.76. The number of pyridine rings is 2. The van der Waals surface area contributed by atoms with E-state index in [0.29, 0.717) is 12.4 Å². The van der Waals surface area contributed by atoms with Gasteiger partial charge in [0, 0.05) is 18.3 Å². The zero-order valence-corrected chi connectivity index (χ0v) is 19.7. The highest BCUT2D eigenvalue weighted by atomic mass is 32.1. The van der Waals surface area contributed by atoms with Crippen LogP contribution >= 0.6 is 12.8 Å². The fraction of sp³-hybridized carbons (Fsp3) is 0.200. The molecule has 0 bridgehead atoms. The first-order valence-electron chi connectivity index (χ1n) is 11.1. The fourth-order valence-electron chi connectivity index (χ4n) is 4.37. The quantitative estimate of drug-likeness (QED) is 0.361. The molecule has 1 N–H and O–H groups in total. The van der Waals surface area contributed by atoms with Crippen LogP contribution in [-0.4, -0.2) is 35.4 Å². The Morgan fingerprint density at radius 2 is 1.91 bits per heavy atom. The molecule has 5 heterocycles. The molecule has 0 saturated heterocycles. The molecule has 1 aromatic carbocycles. The molecule has 0 spiro atoms. The van der Waals surface area contributed by atoms with Crippen molar-refractivity contribution in [3.05, 3.63) is 83.4 Å². The molecule has 0 radical (unpaired) electrons. The first-order chi connectivity index (χ1) is 16.5. The number of nitrogens with zero attached hydrogens (tertiary/aromatic N) is 6. The van der Waals surface area contributed by atoms with Gasteiger partial charge in [-0.1, -0.05) is 18.2 Å². The molecule has 4 aromatic heterocycles. The van der Waals surface area contributed by atoms with Crippen LogP contribution in [0, 0.1) is 13.8 Å². The first-order valence-corrected chi connectivity index (χ1v) is 11.5. The summed E-state index contributed by atoms with van der Waals surface area (Å²) in [6, 6.07) is 16.5. The number of rotatable bonds is 5. The number of benzene rings is 1. The van der Waals surface area contributed by atoms with Gasteiger partial charge in [-0.25, -0.2) is 9.38 Å². The van der Waals surface area contributed by atoms with Gasteiger partial charge in [-0.15, -0.1) is 10.2 Å². The van der Waals surface area contributed by atoms with Crippen LogP contribution in [0.25, 0.3) is 16.8 Å². The van der Waals surface area contributed by atoms with E-state index in [1.54, 1.807) is 12.4 Å². The van der Waals surface area contributed by atoms with Crippen LogP contribution in [0.3, 0.4) is 0 Å². The summed E-state index contributed by atoms with van der Waals surface area (Å²) in [4.78, 5) is 4.41. The Kier molecular flexibility index (Phi) is 4.99. The molecule has 1 atom stereocenters. The average Bonchev–Trinajstić information content (AvgIpc) is 3.45. The van der Waals surface area contributed by atoms with E-state index in [1.165, 1.54) is 20.8 Å². The summed E-state index contributed by atoms with van der Waals surface area (Å²) in [7, 11) is 0. The highest BCUT2D eigenvalue weighted by molar-refractivity contribution is 7.78. The van der Waals surface area contributed by atoms with Gasteiger partial charge in [-0.2, -0.15) is 9.19 Å². The molecule has 9 heteroatoms. The molecule has 0 fully saturated rings. The van der Waals surface area contributed by atoms with Crippen LogP contribution in [0.4, 0.5) is 11.6 Å². The smallest absolute Gasteiger partial charge is 0.201 e. The molecule has 8 nitrogen and oxygen atoms in total. The van der Waals surface area contributed by atoms with Crippen LogP contribution in [0.5, 0.6) is 5.88 Å². The fourth-order valence-corrected chi connectivity index (χ4v) is 4.54. The lowest BCUT2D eigenvalue weighted by Crippen LogP contribution is -2.22. The van der Waals surface area contributed by atoms with Crippen molar-refractivity contribution in [1.82, 2.24) is 28.8 Å². The molecule has 0 saturated carbocycles. The summed E-state index contributed by atoms with van der Waals surface area (Å²) in [6.07, 6.45) is 4.30. The van der Waals surface area contributed by atoms with Crippen molar-refractivity contribution >= 4 is 30.1 Å². The van der Waals surface area contributed by atoms with Crippen LogP contribution < -0.4 is 10.1 Å². The molecule has 1 aliphatic heterocycles. The Morgan fingerprint density at radius 1 is 1.00 bits per heavy atom. The van der Waals surface area contributed by atoms with Gasteiger partial charge in [0.15, 0.2) is 5.65 Å². The minimum atomic E-state index is 0.151. The van der Waals surface area contributed by atoms with Crippen LogP contribution in [0.1, 0.15) is 28.4 Å². The van der Waals surface area contributed by atoms with Crippen LogP contribution in [-0.2, 0) is 6.42 Å². The second kappa shape index (κ2) is 8.18. The Balaban J connectivity index is 1.31. The van der Waals surface area contributed by atoms with E-state index >= 15 is 0 Å². The number of thiol groups is 1. The number of aromatic nitrogens is 6. The third-order valence-electron chi connectivity index (χ3n) is 6.32. The van der Waals surface area contributed by atoms with Crippen molar-refractivity contribution in [2.45, 2.75) is 26.2 Å². The summed E-state index contributed by atoms with van der Waals surface area (Å²) in [5.74, 6) is 3.28. The summed E-state index contributed by atoms with van der Waals surface area (Å²) < 4.78 is 9.71. The maximum Gasteiger partial charge on any atom is 0.201 e. The Morgan fingerprint density at radius 3 is 2.74 bits per heavy atom. The van der Waals surface area contributed by atoms with Gasteiger partial charge in [0.05, 0.1) is 12.1 Å². The van der Waals surface area contributed by atoms with Gasteiger partial charge in [0.2, 0.25) is 5.88 Å². The second-order valence-corrected chi connectivity index (χ2v) is 9.00. The van der Waals surface area contributed by atoms with Crippen molar-refractivity contribution in [3.8, 4) is 17.0 Å². The molecule has 0 aliphatic carbocycles. The highest BCUT2D eigenvalue weighted by Gasteiger charge is 2.27. The third kappa shape index (κ3) is 3.67. The van der Waals surface area contributed by atoms with E-state index in [9.17, 15) is 0 Å². The number of hydrogen-bond donors (Lipinski definition) is 2. The van der Waals surface area contributed by atoms with E-state index in [4.69, 9.17) is 4.74 Å². The average molecular weight is 470 g/mol. The molecular weight excluding hydrogens is 446 g/mol. The van der Waals surface area contributed by atoms with Gasteiger partial charge in [-0.05, 0) is 79.1 Å². The first kappa shape index (κ1) is 20.7. The molecule has 170 valence electrons. The zero-order chi connectivity index (χ0) is 23.2. The Labute approximate surface area is 202 Å². The maximum absolute atomic E-state index is 6.22. The molecule has 0 amide bonds. The SMILES string of the molecule is Cc1ccc(CC2COc3cc(-c4ccnc(Nc5ccnn5S)c4)cc4nnc2n34)cc1C. The van der Waals surface area contributed by atoms with Gasteiger partial charge in [0.1, 0.15) is 24.1 Å². The summed E-state index contributed by atoms with van der Waals surface area (Å²) >= 11 is 4.28. The minimum Gasteiger partial charge on any atom is -0.478 e. The molecular formula is C25H23N7OS. The Hall–Kier alpha value is -3.85. The van der Waals surface area contributed by atoms with Crippen molar-refractivity contribution in [3.63, 3.8) is 0 Å². The lowest BCUT2D eigenvalue weighted by Gasteiger charge is -2.23. The lowest BCUT2D eigenvalue weighted by atomic mass is 9.96. The van der Waals surface area contributed by atoms with E-state index < -0.39 is 0 Å². The molecule has 34 heavy (non-hydrogen) atoms. The van der Waals surface area contributed by atoms with Crippen LogP contribution in [0.2, 0.25) is 0 Å². The van der Waals surface area contributed by atoms with Crippen molar-refractivity contribution < 1.29 is 4.74 Å². The van der Waals surface area contributed by atoms with Crippen molar-refractivity contribution in [2.24, 2.45) is 0 Å². The van der Waals surface area contributed by atoms with Crippen molar-refractivity contribution in [1.29, 1.82) is 0 Å². The van der Waals surface area contributed by atoms with Crippen LogP contribution in [0.15, 0.2) is 60.9 Å². The van der Waals surface area contributed by atoms with E-state index in [-0.39, 0.29) is 5.92 Å². The minimum absolute atomic E-state index is 0.151. The molecule has 5 aromatic rings. The highest BCUT2D eigenvalue weighted by Crippen LogP contribution is 2.34. The predicted molar refractivity (Wildman–Crippen MR) is 134 cm³/mol. The molecule has 6 rings (SSSR count). The van der Waals surface area contributed by atoms with Gasteiger partial charge < -0.3 is 10.1 Å². The topological polar surface area (TPSA) is 82.2 Å². The number of ether oxygens (including phenoxy) is 1. The lowest BCUT2D eigenvalue weighted by molar-refractivity contribution is 0.245. The zero-order valence-electron chi connectivity index (χ0n) is 18.8. The van der Waals surface area contributed by atoms with Crippen molar-refractivity contribution in [2.75, 3.05) is 11.9 Å². The standard InChI is InChI=1S/C25H23N7OS/c1-15-3-4-17(9-16(15)2)10-20-14-33-24-13-19(12-23-29-30-25(20)31(23)24)18-5-7-26-21(11-18)28-22-6-8-27-32(22)34/h3-9,11-13,20,34H,10,14H2,1-2H3,(H,26,28). The number of anilines is 2. The molecule has 1 aliphatic rings. The summed E-state index contributed by atoms with van der Waals surface area (Å²) in [5, 5.41) is 16.3. The van der Waals surface area contributed by atoms with Gasteiger partial charge in [-0.3, -0.25) is 0 Å². The normalized spacial score (nSPS) is 14.9. The number of aryl methyl sites for hydroxylation is 2. The van der Waals surface area contributed by atoms with E-state index in [1.807, 2.05) is 34.7 Å². The number of nitrogens with one attached hydrogen (secondary N) is 1. The van der Waals surface area contributed by atoms with E-state index in [2.05, 4.69) is 70.5 Å². The number of hydrogen-bond acceptors (Lipinski definition) is 7. The van der Waals surface area contributed by atoms with Gasteiger partial charge in [0.25, 0.3) is 0 Å². The summed E-state index contributed by atoms with van der Waals surface area (Å²) in [6.45, 7) is 4.85. The second-order valence-electron chi connectivity index (χ2n) is 8.63. The Bertz CT molecular complexity index is 1520. The third-order valence-corrected chi connectivity index (χ3v) is 6.64. The monoisotopic (exact) mass is 469 g/mol.